The number of rotatable bonds is 7. The third-order valence-corrected chi connectivity index (χ3v) is 7.03. The molecule has 0 unspecified atom stereocenters. The van der Waals surface area contributed by atoms with Crippen LogP contribution >= 0.6 is 0 Å². The van der Waals surface area contributed by atoms with Crippen LogP contribution in [0.1, 0.15) is 0 Å². The average molecular weight is 579 g/mol. The fourth-order valence-electron chi connectivity index (χ4n) is 4.62. The second-order valence-electron chi connectivity index (χ2n) is 9.74. The summed E-state index contributed by atoms with van der Waals surface area (Å²) in [6.07, 6.45) is -12.4. The van der Waals surface area contributed by atoms with Gasteiger partial charge in [-0.2, -0.15) is 0 Å². The largest absolute Gasteiger partial charge is 0.508 e. The Morgan fingerprint density at radius 1 is 0.878 bits per heavy atom. The lowest BCUT2D eigenvalue weighted by Crippen LogP contribution is -2.61. The van der Waals surface area contributed by atoms with Gasteiger partial charge in [0.2, 0.25) is 11.7 Å². The molecule has 0 spiro atoms. The van der Waals surface area contributed by atoms with Gasteiger partial charge in [-0.05, 0) is 23.8 Å². The number of aromatic hydroxyl groups is 1. The molecule has 0 saturated carbocycles. The fourth-order valence-corrected chi connectivity index (χ4v) is 4.62. The van der Waals surface area contributed by atoms with Gasteiger partial charge in [0.1, 0.15) is 60.3 Å². The van der Waals surface area contributed by atoms with Gasteiger partial charge in [0.05, 0.1) is 31.3 Å². The van der Waals surface area contributed by atoms with Crippen LogP contribution < -0.4 is 14.9 Å². The molecule has 2 aromatic carbocycles. The standard InChI is InChI=1S/C27H30O14/c1-36-17-6-13-16(37-8-14(20(13)30)11-2-4-12(28)5-3-11)7-18(17)40-27-25(35)23(33)22(32)19(41-27)10-39-26-24(34)21(31)15(29)9-38-26/h2-8,15,19,21-29,31-35H,9-10H2,1H3/t15-,19+,21+,22-,23+,24+,25-,26+,27-/m1/s1. The van der Waals surface area contributed by atoms with Crippen LogP contribution in [0.25, 0.3) is 22.1 Å². The van der Waals surface area contributed by atoms with E-state index in [-0.39, 0.29) is 45.8 Å². The summed E-state index contributed by atoms with van der Waals surface area (Å²) in [7, 11) is 1.33. The third-order valence-electron chi connectivity index (χ3n) is 7.03. The number of methoxy groups -OCH3 is 1. The van der Waals surface area contributed by atoms with Crippen LogP contribution in [-0.4, -0.2) is 111 Å². The topological polar surface area (TPSA) is 218 Å². The third kappa shape index (κ3) is 5.74. The number of aliphatic hydroxyl groups is 6. The van der Waals surface area contributed by atoms with E-state index in [2.05, 4.69) is 0 Å². The molecule has 41 heavy (non-hydrogen) atoms. The SMILES string of the molecule is COc1cc2c(=O)c(-c3ccc(O)cc3)coc2cc1O[C@@H]1O[C@@H](CO[C@@H]2OC[C@@H](O)[C@H](O)[C@@H]2O)[C@@H](O)[C@H](O)[C@H]1O. The van der Waals surface area contributed by atoms with Crippen molar-refractivity contribution in [2.75, 3.05) is 20.3 Å². The molecule has 2 aliphatic heterocycles. The summed E-state index contributed by atoms with van der Waals surface area (Å²) in [5.41, 5.74) is 0.502. The smallest absolute Gasteiger partial charge is 0.229 e. The highest BCUT2D eigenvalue weighted by atomic mass is 16.7. The maximum atomic E-state index is 13.2. The van der Waals surface area contributed by atoms with E-state index in [1.165, 1.54) is 37.6 Å². The van der Waals surface area contributed by atoms with E-state index in [0.29, 0.717) is 5.56 Å². The Bertz CT molecular complexity index is 1410. The van der Waals surface area contributed by atoms with E-state index in [1.807, 2.05) is 0 Å². The van der Waals surface area contributed by atoms with Crippen LogP contribution in [0.4, 0.5) is 0 Å². The summed E-state index contributed by atoms with van der Waals surface area (Å²) in [4.78, 5) is 13.2. The van der Waals surface area contributed by atoms with E-state index in [9.17, 15) is 40.5 Å². The van der Waals surface area contributed by atoms with E-state index in [0.717, 1.165) is 0 Å². The zero-order chi connectivity index (χ0) is 29.4. The monoisotopic (exact) mass is 578 g/mol. The molecule has 2 fully saturated rings. The van der Waals surface area contributed by atoms with E-state index in [4.69, 9.17) is 28.1 Å². The Morgan fingerprint density at radius 2 is 1.59 bits per heavy atom. The summed E-state index contributed by atoms with van der Waals surface area (Å²) >= 11 is 0. The molecular weight excluding hydrogens is 548 g/mol. The van der Waals surface area contributed by atoms with Crippen LogP contribution in [0.3, 0.4) is 0 Å². The Kier molecular flexibility index (Phi) is 8.47. The zero-order valence-corrected chi connectivity index (χ0v) is 21.6. The Morgan fingerprint density at radius 3 is 2.29 bits per heavy atom. The van der Waals surface area contributed by atoms with Crippen LogP contribution in [0.2, 0.25) is 0 Å². The van der Waals surface area contributed by atoms with Crippen molar-refractivity contribution in [3.8, 4) is 28.4 Å². The minimum atomic E-state index is -1.73. The number of hydrogen-bond acceptors (Lipinski definition) is 14. The van der Waals surface area contributed by atoms with Gasteiger partial charge in [-0.1, -0.05) is 12.1 Å². The summed E-state index contributed by atoms with van der Waals surface area (Å²) in [6, 6.07) is 8.73. The minimum absolute atomic E-state index is 0.0176. The van der Waals surface area contributed by atoms with Crippen molar-refractivity contribution >= 4 is 11.0 Å². The average Bonchev–Trinajstić information content (AvgIpc) is 2.97. The molecule has 5 rings (SSSR count). The van der Waals surface area contributed by atoms with Crippen LogP contribution in [0, 0.1) is 0 Å². The highest BCUT2D eigenvalue weighted by Crippen LogP contribution is 2.35. The van der Waals surface area contributed by atoms with Gasteiger partial charge in [-0.25, -0.2) is 0 Å². The lowest BCUT2D eigenvalue weighted by molar-refractivity contribution is -0.307. The van der Waals surface area contributed by atoms with Gasteiger partial charge in [-0.3, -0.25) is 4.79 Å². The molecule has 7 N–H and O–H groups in total. The number of phenols is 1. The molecule has 0 amide bonds. The number of hydrogen-bond donors (Lipinski definition) is 7. The van der Waals surface area contributed by atoms with Crippen molar-refractivity contribution in [3.05, 3.63) is 52.9 Å². The van der Waals surface area contributed by atoms with Crippen LogP contribution in [0.5, 0.6) is 17.2 Å². The molecule has 0 radical (unpaired) electrons. The van der Waals surface area contributed by atoms with Gasteiger partial charge in [-0.15, -0.1) is 0 Å². The molecule has 0 bridgehead atoms. The summed E-state index contributed by atoms with van der Waals surface area (Å²) in [6.45, 7) is -0.766. The van der Waals surface area contributed by atoms with E-state index < -0.39 is 61.9 Å². The number of fused-ring (bicyclic) bond motifs is 1. The lowest BCUT2D eigenvalue weighted by Gasteiger charge is -2.41. The second kappa shape index (κ2) is 11.9. The molecule has 0 aliphatic carbocycles. The van der Waals surface area contributed by atoms with E-state index in [1.54, 1.807) is 12.1 Å². The molecular formula is C27H30O14. The van der Waals surface area contributed by atoms with Crippen molar-refractivity contribution in [2.24, 2.45) is 0 Å². The van der Waals surface area contributed by atoms with Gasteiger partial charge < -0.3 is 63.8 Å². The first-order valence-electron chi connectivity index (χ1n) is 12.7. The Labute approximate surface area is 232 Å². The molecule has 222 valence electrons. The maximum absolute atomic E-state index is 13.2. The highest BCUT2D eigenvalue weighted by Gasteiger charge is 2.46. The first kappa shape index (κ1) is 29.2. The second-order valence-corrected chi connectivity index (χ2v) is 9.74. The predicted octanol–water partition coefficient (Wildman–Crippen LogP) is -1.18. The minimum Gasteiger partial charge on any atom is -0.508 e. The van der Waals surface area contributed by atoms with Gasteiger partial charge >= 0.3 is 0 Å². The number of phenolic OH excluding ortho intramolecular Hbond substituents is 1. The normalized spacial score (nSPS) is 32.1. The maximum Gasteiger partial charge on any atom is 0.229 e. The zero-order valence-electron chi connectivity index (χ0n) is 21.6. The summed E-state index contributed by atoms with van der Waals surface area (Å²) in [5, 5.41) is 70.6. The fraction of sp³-hybridized carbons (Fsp3) is 0.444. The first-order chi connectivity index (χ1) is 19.6. The highest BCUT2D eigenvalue weighted by molar-refractivity contribution is 5.84. The summed E-state index contributed by atoms with van der Waals surface area (Å²) in [5.74, 6) is 0.0959. The van der Waals surface area contributed by atoms with Crippen molar-refractivity contribution in [2.45, 2.75) is 55.3 Å². The first-order valence-corrected chi connectivity index (χ1v) is 12.7. The molecule has 3 aromatic rings. The van der Waals surface area contributed by atoms with Crippen LogP contribution in [-0.2, 0) is 14.2 Å². The van der Waals surface area contributed by atoms with Crippen molar-refractivity contribution in [3.63, 3.8) is 0 Å². The number of benzene rings is 2. The number of aliphatic hydroxyl groups excluding tert-OH is 6. The number of ether oxygens (including phenoxy) is 5. The molecule has 9 atom stereocenters. The molecule has 2 aliphatic rings. The van der Waals surface area contributed by atoms with Gasteiger partial charge in [0, 0.05) is 6.07 Å². The lowest BCUT2D eigenvalue weighted by atomic mass is 9.99. The quantitative estimate of drug-likeness (QED) is 0.176. The van der Waals surface area contributed by atoms with Crippen molar-refractivity contribution < 1.29 is 63.8 Å². The van der Waals surface area contributed by atoms with Gasteiger partial charge in [0.15, 0.2) is 17.8 Å². The molecule has 1 aromatic heterocycles. The van der Waals surface area contributed by atoms with E-state index >= 15 is 0 Å². The summed E-state index contributed by atoms with van der Waals surface area (Å²) < 4.78 is 33.1. The van der Waals surface area contributed by atoms with Crippen molar-refractivity contribution in [1.82, 2.24) is 0 Å². The Hall–Kier alpha value is -3.31. The van der Waals surface area contributed by atoms with Gasteiger partial charge in [0.25, 0.3) is 0 Å². The van der Waals surface area contributed by atoms with Crippen molar-refractivity contribution in [1.29, 1.82) is 0 Å². The molecule has 2 saturated heterocycles. The molecule has 3 heterocycles. The molecule has 14 nitrogen and oxygen atoms in total. The molecule has 14 heteroatoms. The predicted molar refractivity (Wildman–Crippen MR) is 137 cm³/mol. The Balaban J connectivity index is 1.36. The van der Waals surface area contributed by atoms with Crippen LogP contribution in [0.15, 0.2) is 51.9 Å².